The number of nitrogens with one attached hydrogen (secondary N) is 1. The van der Waals surface area contributed by atoms with Crippen LogP contribution >= 0.6 is 0 Å². The van der Waals surface area contributed by atoms with E-state index in [-0.39, 0.29) is 0 Å². The molecule has 0 bridgehead atoms. The molecule has 1 aromatic rings. The molecule has 1 rings (SSSR count). The average molecular weight is 222 g/mol. The molecule has 0 fully saturated rings. The van der Waals surface area contributed by atoms with Gasteiger partial charge in [0.2, 0.25) is 0 Å². The number of ether oxygens (including phenoxy) is 1. The summed E-state index contributed by atoms with van der Waals surface area (Å²) in [7, 11) is 0. The van der Waals surface area contributed by atoms with Crippen molar-refractivity contribution in [2.45, 2.75) is 34.2 Å². The highest BCUT2D eigenvalue weighted by Crippen LogP contribution is 2.16. The predicted molar refractivity (Wildman–Crippen MR) is 66.7 cm³/mol. The fraction of sp³-hybridized carbons (Fsp3) is 0.615. The number of aryl methyl sites for hydroxylation is 1. The molecule has 3 nitrogen and oxygen atoms in total. The molecule has 0 spiro atoms. The zero-order chi connectivity index (χ0) is 12.0. The Morgan fingerprint density at radius 3 is 2.75 bits per heavy atom. The molecule has 0 saturated heterocycles. The highest BCUT2D eigenvalue weighted by atomic mass is 16.5. The summed E-state index contributed by atoms with van der Waals surface area (Å²) in [5, 5.41) is 3.38. The SMILES string of the molecule is CCOc1ccc(C)nc1CNCC(C)C. The van der Waals surface area contributed by atoms with Gasteiger partial charge in [0.25, 0.3) is 0 Å². The Kier molecular flexibility index (Phi) is 5.26. The maximum Gasteiger partial charge on any atom is 0.142 e. The number of nitrogens with zero attached hydrogens (tertiary/aromatic N) is 1. The molecule has 0 atom stereocenters. The summed E-state index contributed by atoms with van der Waals surface area (Å²) in [4.78, 5) is 4.50. The second-order valence-corrected chi connectivity index (χ2v) is 4.36. The summed E-state index contributed by atoms with van der Waals surface area (Å²) < 4.78 is 5.55. The lowest BCUT2D eigenvalue weighted by molar-refractivity contribution is 0.332. The number of aromatic nitrogens is 1. The van der Waals surface area contributed by atoms with E-state index in [1.165, 1.54) is 0 Å². The fourth-order valence-corrected chi connectivity index (χ4v) is 1.49. The van der Waals surface area contributed by atoms with E-state index >= 15 is 0 Å². The Balaban J connectivity index is 2.64. The molecule has 0 aliphatic rings. The first-order chi connectivity index (χ1) is 7.63. The van der Waals surface area contributed by atoms with Crippen molar-refractivity contribution in [2.75, 3.05) is 13.2 Å². The minimum Gasteiger partial charge on any atom is -0.492 e. The highest BCUT2D eigenvalue weighted by molar-refractivity contribution is 5.29. The molecule has 16 heavy (non-hydrogen) atoms. The van der Waals surface area contributed by atoms with Gasteiger partial charge in [0.15, 0.2) is 0 Å². The van der Waals surface area contributed by atoms with Crippen molar-refractivity contribution in [1.82, 2.24) is 10.3 Å². The predicted octanol–water partition coefficient (Wildman–Crippen LogP) is 2.53. The van der Waals surface area contributed by atoms with Gasteiger partial charge in [-0.05, 0) is 38.4 Å². The van der Waals surface area contributed by atoms with E-state index in [0.29, 0.717) is 12.5 Å². The lowest BCUT2D eigenvalue weighted by Gasteiger charge is -2.12. The summed E-state index contributed by atoms with van der Waals surface area (Å²) in [5.41, 5.74) is 2.03. The van der Waals surface area contributed by atoms with Crippen molar-refractivity contribution >= 4 is 0 Å². The van der Waals surface area contributed by atoms with Gasteiger partial charge >= 0.3 is 0 Å². The first kappa shape index (κ1) is 13.0. The highest BCUT2D eigenvalue weighted by Gasteiger charge is 2.05. The molecule has 90 valence electrons. The molecule has 0 aliphatic heterocycles. The standard InChI is InChI=1S/C13H22N2O/c1-5-16-13-7-6-11(4)15-12(13)9-14-8-10(2)3/h6-7,10,14H,5,8-9H2,1-4H3. The van der Waals surface area contributed by atoms with Crippen molar-refractivity contribution in [3.8, 4) is 5.75 Å². The zero-order valence-corrected chi connectivity index (χ0v) is 10.7. The van der Waals surface area contributed by atoms with Gasteiger partial charge in [-0.25, -0.2) is 0 Å². The first-order valence-electron chi connectivity index (χ1n) is 5.93. The molecular weight excluding hydrogens is 200 g/mol. The van der Waals surface area contributed by atoms with Gasteiger partial charge in [0, 0.05) is 12.2 Å². The third-order valence-electron chi connectivity index (χ3n) is 2.22. The molecule has 1 N–H and O–H groups in total. The van der Waals surface area contributed by atoms with Crippen LogP contribution in [0.4, 0.5) is 0 Å². The van der Waals surface area contributed by atoms with Gasteiger partial charge in [-0.3, -0.25) is 4.98 Å². The van der Waals surface area contributed by atoms with Crippen molar-refractivity contribution in [2.24, 2.45) is 5.92 Å². The minimum absolute atomic E-state index is 0.653. The molecule has 0 aliphatic carbocycles. The van der Waals surface area contributed by atoms with Gasteiger partial charge in [-0.1, -0.05) is 13.8 Å². The molecule has 0 saturated carbocycles. The van der Waals surface area contributed by atoms with Crippen LogP contribution in [0.1, 0.15) is 32.2 Å². The number of hydrogen-bond donors (Lipinski definition) is 1. The van der Waals surface area contributed by atoms with Crippen LogP contribution in [0.2, 0.25) is 0 Å². The van der Waals surface area contributed by atoms with Gasteiger partial charge < -0.3 is 10.1 Å². The van der Waals surface area contributed by atoms with Gasteiger partial charge in [-0.15, -0.1) is 0 Å². The Labute approximate surface area is 98.2 Å². The van der Waals surface area contributed by atoms with Crippen molar-refractivity contribution < 1.29 is 4.74 Å². The van der Waals surface area contributed by atoms with Crippen LogP contribution in [-0.2, 0) is 6.54 Å². The van der Waals surface area contributed by atoms with Crippen molar-refractivity contribution in [3.05, 3.63) is 23.5 Å². The molecule has 0 aromatic carbocycles. The van der Waals surface area contributed by atoms with E-state index < -0.39 is 0 Å². The zero-order valence-electron chi connectivity index (χ0n) is 10.7. The van der Waals surface area contributed by atoms with E-state index in [2.05, 4.69) is 24.1 Å². The van der Waals surface area contributed by atoms with Gasteiger partial charge in [-0.2, -0.15) is 0 Å². The average Bonchev–Trinajstić information content (AvgIpc) is 2.21. The molecule has 0 amide bonds. The summed E-state index contributed by atoms with van der Waals surface area (Å²) in [5.74, 6) is 1.55. The quantitative estimate of drug-likeness (QED) is 0.803. The van der Waals surface area contributed by atoms with E-state index in [0.717, 1.165) is 30.2 Å². The number of rotatable bonds is 6. The first-order valence-corrected chi connectivity index (χ1v) is 5.93. The monoisotopic (exact) mass is 222 g/mol. The second-order valence-electron chi connectivity index (χ2n) is 4.36. The molecule has 0 radical (unpaired) electrons. The van der Waals surface area contributed by atoms with Gasteiger partial charge in [0.1, 0.15) is 5.75 Å². The van der Waals surface area contributed by atoms with Crippen LogP contribution in [-0.4, -0.2) is 18.1 Å². The maximum atomic E-state index is 5.55. The summed E-state index contributed by atoms with van der Waals surface area (Å²) in [6.45, 7) is 10.8. The van der Waals surface area contributed by atoms with Crippen molar-refractivity contribution in [3.63, 3.8) is 0 Å². The minimum atomic E-state index is 0.653. The van der Waals surface area contributed by atoms with Crippen LogP contribution in [0, 0.1) is 12.8 Å². The third-order valence-corrected chi connectivity index (χ3v) is 2.22. The lowest BCUT2D eigenvalue weighted by atomic mass is 10.2. The van der Waals surface area contributed by atoms with Crippen LogP contribution in [0.15, 0.2) is 12.1 Å². The van der Waals surface area contributed by atoms with E-state index in [4.69, 9.17) is 4.74 Å². The van der Waals surface area contributed by atoms with Crippen LogP contribution in [0.3, 0.4) is 0 Å². The molecular formula is C13H22N2O. The Morgan fingerprint density at radius 2 is 2.12 bits per heavy atom. The largest absolute Gasteiger partial charge is 0.492 e. The van der Waals surface area contributed by atoms with E-state index in [1.54, 1.807) is 0 Å². The van der Waals surface area contributed by atoms with E-state index in [1.807, 2.05) is 26.0 Å². The molecule has 0 unspecified atom stereocenters. The third kappa shape index (κ3) is 4.19. The summed E-state index contributed by atoms with van der Waals surface area (Å²) in [6.07, 6.45) is 0. The van der Waals surface area contributed by atoms with Crippen molar-refractivity contribution in [1.29, 1.82) is 0 Å². The smallest absolute Gasteiger partial charge is 0.142 e. The lowest BCUT2D eigenvalue weighted by Crippen LogP contribution is -2.20. The molecule has 1 aromatic heterocycles. The maximum absolute atomic E-state index is 5.55. The Morgan fingerprint density at radius 1 is 1.38 bits per heavy atom. The molecule has 1 heterocycles. The summed E-state index contributed by atoms with van der Waals surface area (Å²) in [6, 6.07) is 3.98. The summed E-state index contributed by atoms with van der Waals surface area (Å²) >= 11 is 0. The topological polar surface area (TPSA) is 34.1 Å². The normalized spacial score (nSPS) is 10.8. The van der Waals surface area contributed by atoms with Crippen LogP contribution < -0.4 is 10.1 Å². The van der Waals surface area contributed by atoms with Crippen LogP contribution in [0.5, 0.6) is 5.75 Å². The second kappa shape index (κ2) is 6.48. The molecule has 3 heteroatoms. The van der Waals surface area contributed by atoms with E-state index in [9.17, 15) is 0 Å². The fourth-order valence-electron chi connectivity index (χ4n) is 1.49. The number of hydrogen-bond acceptors (Lipinski definition) is 3. The Hall–Kier alpha value is -1.09. The Bertz CT molecular complexity index is 324. The number of pyridine rings is 1. The van der Waals surface area contributed by atoms with Gasteiger partial charge in [0.05, 0.1) is 12.3 Å². The van der Waals surface area contributed by atoms with Crippen LogP contribution in [0.25, 0.3) is 0 Å².